The average Bonchev–Trinajstić information content (AvgIpc) is 3.62. The summed E-state index contributed by atoms with van der Waals surface area (Å²) in [6, 6.07) is 7.85. The number of imidazole rings is 1. The van der Waals surface area contributed by atoms with E-state index in [9.17, 15) is 12.8 Å². The minimum Gasteiger partial charge on any atom is -0.354 e. The number of H-pyrrole nitrogens is 1. The summed E-state index contributed by atoms with van der Waals surface area (Å²) in [5, 5.41) is 6.62. The predicted octanol–water partition coefficient (Wildman–Crippen LogP) is 1.94. The predicted molar refractivity (Wildman–Crippen MR) is 148 cm³/mol. The number of rotatable bonds is 11. The molecular weight excluding hydrogens is 539 g/mol. The molecule has 0 spiro atoms. The van der Waals surface area contributed by atoms with Gasteiger partial charge in [-0.25, -0.2) is 32.5 Å². The van der Waals surface area contributed by atoms with Gasteiger partial charge in [-0.15, -0.1) is 0 Å². The molecule has 12 nitrogen and oxygen atoms in total. The highest BCUT2D eigenvalue weighted by atomic mass is 32.2. The first kappa shape index (κ1) is 28.5. The van der Waals surface area contributed by atoms with Crippen molar-refractivity contribution in [3.63, 3.8) is 0 Å². The maximum absolute atomic E-state index is 13.7. The number of sulfonamides is 1. The number of benzene rings is 1. The molecule has 3 aromatic rings. The van der Waals surface area contributed by atoms with Crippen LogP contribution in [0.2, 0.25) is 0 Å². The van der Waals surface area contributed by atoms with Gasteiger partial charge < -0.3 is 25.1 Å². The molecule has 14 heteroatoms. The van der Waals surface area contributed by atoms with Crippen molar-refractivity contribution in [3.05, 3.63) is 48.2 Å². The Morgan fingerprint density at radius 1 is 1.18 bits per heavy atom. The Labute approximate surface area is 233 Å². The van der Waals surface area contributed by atoms with Gasteiger partial charge in [-0.1, -0.05) is 6.92 Å². The van der Waals surface area contributed by atoms with Gasteiger partial charge in [-0.2, -0.15) is 0 Å². The second-order valence-corrected chi connectivity index (χ2v) is 12.4. The topological polar surface area (TPSA) is 146 Å². The zero-order valence-electron chi connectivity index (χ0n) is 22.6. The third kappa shape index (κ3) is 7.38. The van der Waals surface area contributed by atoms with Gasteiger partial charge in [0.1, 0.15) is 5.82 Å². The third-order valence-corrected chi connectivity index (χ3v) is 7.45. The minimum atomic E-state index is -3.34. The lowest BCUT2D eigenvalue weighted by atomic mass is 9.92. The first-order valence-corrected chi connectivity index (χ1v) is 15.1. The molecule has 216 valence electrons. The Morgan fingerprint density at radius 2 is 1.95 bits per heavy atom. The lowest BCUT2D eigenvalue weighted by Gasteiger charge is -2.36. The number of halogens is 1. The minimum absolute atomic E-state index is 0.189. The fourth-order valence-corrected chi connectivity index (χ4v) is 5.15. The van der Waals surface area contributed by atoms with Crippen LogP contribution in [-0.4, -0.2) is 92.1 Å². The van der Waals surface area contributed by atoms with E-state index >= 15 is 0 Å². The van der Waals surface area contributed by atoms with Gasteiger partial charge >= 0.3 is 0 Å². The van der Waals surface area contributed by atoms with Gasteiger partial charge in [-0.05, 0) is 36.8 Å². The average molecular weight is 575 g/mol. The van der Waals surface area contributed by atoms with Crippen molar-refractivity contribution < 1.29 is 22.3 Å². The molecule has 2 aromatic heterocycles. The Balaban J connectivity index is 1.33. The van der Waals surface area contributed by atoms with E-state index in [0.717, 1.165) is 45.5 Å². The molecule has 2 fully saturated rings. The summed E-state index contributed by atoms with van der Waals surface area (Å²) in [6.07, 6.45) is 2.96. The summed E-state index contributed by atoms with van der Waals surface area (Å²) in [7, 11) is -3.34. The largest absolute Gasteiger partial charge is 0.354 e. The second-order valence-electron chi connectivity index (χ2n) is 10.5. The van der Waals surface area contributed by atoms with Crippen molar-refractivity contribution in [2.75, 3.05) is 64.2 Å². The number of ether oxygens (including phenoxy) is 2. The molecule has 4 N–H and O–H groups in total. The first-order chi connectivity index (χ1) is 19.2. The lowest BCUT2D eigenvalue weighted by Crippen LogP contribution is -2.45. The monoisotopic (exact) mass is 574 g/mol. The van der Waals surface area contributed by atoms with Crippen molar-refractivity contribution in [1.29, 1.82) is 0 Å². The van der Waals surface area contributed by atoms with Gasteiger partial charge in [-0.3, -0.25) is 4.90 Å². The van der Waals surface area contributed by atoms with Crippen LogP contribution in [0.25, 0.3) is 22.6 Å². The lowest BCUT2D eigenvalue weighted by molar-refractivity contribution is -0.231. The second kappa shape index (κ2) is 12.2. The molecule has 1 aromatic carbocycles. The SMILES string of the molecule is CC1(CNS(C)(=O)=O)COC(c2nc(-c3ccc(F)cc3)c(-c3ccnc(NCCCN4CCNC4)n3)[nH]2)OC1. The molecule has 40 heavy (non-hydrogen) atoms. The highest BCUT2D eigenvalue weighted by Crippen LogP contribution is 2.35. The summed E-state index contributed by atoms with van der Waals surface area (Å²) in [6.45, 7) is 7.33. The Hall–Kier alpha value is -3.01. The van der Waals surface area contributed by atoms with E-state index < -0.39 is 21.7 Å². The molecule has 0 unspecified atom stereocenters. The molecule has 2 aliphatic rings. The molecule has 0 atom stereocenters. The molecule has 0 bridgehead atoms. The number of aromatic amines is 1. The van der Waals surface area contributed by atoms with Gasteiger partial charge in [0.25, 0.3) is 0 Å². The van der Waals surface area contributed by atoms with Gasteiger partial charge in [0.15, 0.2) is 5.82 Å². The number of nitrogens with one attached hydrogen (secondary N) is 4. The van der Waals surface area contributed by atoms with Gasteiger partial charge in [0.05, 0.1) is 36.6 Å². The van der Waals surface area contributed by atoms with Crippen LogP contribution in [0, 0.1) is 11.2 Å². The maximum Gasteiger partial charge on any atom is 0.223 e. The molecule has 0 saturated carbocycles. The van der Waals surface area contributed by atoms with Crippen LogP contribution in [0.1, 0.15) is 25.5 Å². The summed E-state index contributed by atoms with van der Waals surface area (Å²) in [4.78, 5) is 19.5. The number of aromatic nitrogens is 4. The highest BCUT2D eigenvalue weighted by molar-refractivity contribution is 7.88. The zero-order chi connectivity index (χ0) is 28.2. The normalized spacial score (nSPS) is 22.0. The summed E-state index contributed by atoms with van der Waals surface area (Å²) < 4.78 is 51.2. The quantitative estimate of drug-likeness (QED) is 0.251. The summed E-state index contributed by atoms with van der Waals surface area (Å²) in [5.41, 5.74) is 1.96. The summed E-state index contributed by atoms with van der Waals surface area (Å²) >= 11 is 0. The van der Waals surface area contributed by atoms with E-state index in [1.165, 1.54) is 12.1 Å². The number of hydrogen-bond donors (Lipinski definition) is 4. The van der Waals surface area contributed by atoms with E-state index in [2.05, 4.69) is 30.2 Å². The summed E-state index contributed by atoms with van der Waals surface area (Å²) in [5.74, 6) is 0.581. The van der Waals surface area contributed by atoms with Gasteiger partial charge in [0.2, 0.25) is 22.3 Å². The number of nitrogens with zero attached hydrogens (tertiary/aromatic N) is 4. The Morgan fingerprint density at radius 3 is 2.65 bits per heavy atom. The zero-order valence-corrected chi connectivity index (χ0v) is 23.4. The molecule has 2 aliphatic heterocycles. The standard InChI is InChI=1S/C26H35FN8O4S/c1-26(14-31-40(2,36)37)15-38-24(39-16-26)23-33-21(18-4-6-19(27)7-5-18)22(34-23)20-8-10-30-25(32-20)29-9-3-12-35-13-11-28-17-35/h4-8,10,24,28,31H,3,9,11-17H2,1-2H3,(H,33,34)(H,29,30,32). The van der Waals surface area contributed by atoms with Crippen LogP contribution in [0.5, 0.6) is 0 Å². The fourth-order valence-electron chi connectivity index (χ4n) is 4.54. The van der Waals surface area contributed by atoms with Crippen molar-refractivity contribution in [2.24, 2.45) is 5.41 Å². The number of anilines is 1. The smallest absolute Gasteiger partial charge is 0.223 e. The molecule has 2 saturated heterocycles. The van der Waals surface area contributed by atoms with E-state index in [1.54, 1.807) is 24.4 Å². The van der Waals surface area contributed by atoms with Crippen molar-refractivity contribution in [2.45, 2.75) is 19.6 Å². The molecule has 5 rings (SSSR count). The van der Waals surface area contributed by atoms with Crippen molar-refractivity contribution in [3.8, 4) is 22.6 Å². The molecule has 0 radical (unpaired) electrons. The van der Waals surface area contributed by atoms with E-state index in [4.69, 9.17) is 19.4 Å². The Kier molecular flexibility index (Phi) is 8.73. The molecule has 4 heterocycles. The third-order valence-electron chi connectivity index (χ3n) is 6.78. The van der Waals surface area contributed by atoms with E-state index in [0.29, 0.717) is 34.4 Å². The van der Waals surface area contributed by atoms with E-state index in [1.807, 2.05) is 6.92 Å². The van der Waals surface area contributed by atoms with Crippen LogP contribution < -0.4 is 15.4 Å². The van der Waals surface area contributed by atoms with Crippen molar-refractivity contribution >= 4 is 16.0 Å². The fraction of sp³-hybridized carbons (Fsp3) is 0.500. The van der Waals surface area contributed by atoms with Crippen LogP contribution >= 0.6 is 0 Å². The molecule has 0 amide bonds. The van der Waals surface area contributed by atoms with Crippen LogP contribution in [0.15, 0.2) is 36.5 Å². The Bertz CT molecular complexity index is 1390. The van der Waals surface area contributed by atoms with Crippen LogP contribution in [0.4, 0.5) is 10.3 Å². The van der Waals surface area contributed by atoms with E-state index in [-0.39, 0.29) is 25.6 Å². The highest BCUT2D eigenvalue weighted by Gasteiger charge is 2.35. The first-order valence-electron chi connectivity index (χ1n) is 13.2. The molecular formula is C26H35FN8O4S. The van der Waals surface area contributed by atoms with Crippen LogP contribution in [0.3, 0.4) is 0 Å². The number of hydrogen-bond acceptors (Lipinski definition) is 10. The van der Waals surface area contributed by atoms with Gasteiger partial charge in [0, 0.05) is 56.6 Å². The maximum atomic E-state index is 13.7. The molecule has 0 aliphatic carbocycles. The van der Waals surface area contributed by atoms with Crippen molar-refractivity contribution in [1.82, 2.24) is 34.9 Å². The van der Waals surface area contributed by atoms with Crippen LogP contribution in [-0.2, 0) is 19.5 Å².